The van der Waals surface area contributed by atoms with Crippen molar-refractivity contribution in [3.05, 3.63) is 24.2 Å². The highest BCUT2D eigenvalue weighted by Gasteiger charge is 2.31. The Kier molecular flexibility index (Phi) is 8.96. The van der Waals surface area contributed by atoms with Crippen molar-refractivity contribution < 1.29 is 4.42 Å². The van der Waals surface area contributed by atoms with E-state index >= 15 is 0 Å². The fourth-order valence-electron chi connectivity index (χ4n) is 4.54. The van der Waals surface area contributed by atoms with Gasteiger partial charge < -0.3 is 20.0 Å². The zero-order valence-electron chi connectivity index (χ0n) is 17.1. The first-order valence-corrected chi connectivity index (χ1v) is 11.2. The lowest BCUT2D eigenvalue weighted by atomic mass is 9.89. The number of rotatable bonds is 7. The normalized spacial score (nSPS) is 22.6. The molecule has 0 spiro atoms. The first-order chi connectivity index (χ1) is 13.4. The Hall–Kier alpha value is -0.760. The van der Waals surface area contributed by atoms with Crippen LogP contribution in [0.5, 0.6) is 0 Å². The molecule has 2 heterocycles. The smallest absolute Gasteiger partial charge is 0.191 e. The molecule has 28 heavy (non-hydrogen) atoms. The summed E-state index contributed by atoms with van der Waals surface area (Å²) in [6.07, 6.45) is 14.8. The molecule has 3 aliphatic rings. The van der Waals surface area contributed by atoms with Gasteiger partial charge in [-0.2, -0.15) is 0 Å². The highest BCUT2D eigenvalue weighted by molar-refractivity contribution is 14.0. The summed E-state index contributed by atoms with van der Waals surface area (Å²) in [5, 5.41) is 7.29. The summed E-state index contributed by atoms with van der Waals surface area (Å²) in [5.41, 5.74) is 0. The lowest BCUT2D eigenvalue weighted by Crippen LogP contribution is -2.49. The molecule has 2 N–H and O–H groups in total. The molecule has 1 saturated heterocycles. The highest BCUT2D eigenvalue weighted by atomic mass is 127. The van der Waals surface area contributed by atoms with Gasteiger partial charge in [0.15, 0.2) is 5.96 Å². The number of guanidine groups is 1. The molecule has 1 aromatic heterocycles. The summed E-state index contributed by atoms with van der Waals surface area (Å²) < 4.78 is 5.45. The third kappa shape index (κ3) is 6.94. The number of furan rings is 1. The van der Waals surface area contributed by atoms with Gasteiger partial charge in [0.2, 0.25) is 0 Å². The van der Waals surface area contributed by atoms with Gasteiger partial charge in [0, 0.05) is 44.7 Å². The van der Waals surface area contributed by atoms with Crippen molar-refractivity contribution in [1.82, 2.24) is 15.5 Å². The van der Waals surface area contributed by atoms with Crippen LogP contribution in [0.2, 0.25) is 0 Å². The minimum Gasteiger partial charge on any atom is -0.469 e. The fraction of sp³-hybridized carbons (Fsp3) is 0.773. The zero-order valence-corrected chi connectivity index (χ0v) is 19.4. The van der Waals surface area contributed by atoms with E-state index in [2.05, 4.69) is 15.5 Å². The SMILES string of the molecule is I.c1coc(CCNC(=NCC2CCCCC2)NC2CCN(C3CC3)CC2)c1. The van der Waals surface area contributed by atoms with Crippen molar-refractivity contribution >= 4 is 29.9 Å². The van der Waals surface area contributed by atoms with Crippen molar-refractivity contribution in [2.24, 2.45) is 10.9 Å². The molecular weight excluding hydrogens is 463 g/mol. The van der Waals surface area contributed by atoms with Crippen LogP contribution in [-0.4, -0.2) is 49.1 Å². The van der Waals surface area contributed by atoms with E-state index in [1.807, 2.05) is 12.1 Å². The minimum absolute atomic E-state index is 0. The maximum Gasteiger partial charge on any atom is 0.191 e. The van der Waals surface area contributed by atoms with Gasteiger partial charge in [0.25, 0.3) is 0 Å². The third-order valence-corrected chi connectivity index (χ3v) is 6.41. The number of halogens is 1. The predicted molar refractivity (Wildman–Crippen MR) is 125 cm³/mol. The molecule has 158 valence electrons. The Morgan fingerprint density at radius 3 is 2.54 bits per heavy atom. The molecule has 4 rings (SSSR count). The van der Waals surface area contributed by atoms with Gasteiger partial charge in [-0.05, 0) is 56.6 Å². The second-order valence-electron chi connectivity index (χ2n) is 8.64. The monoisotopic (exact) mass is 500 g/mol. The molecule has 0 unspecified atom stereocenters. The molecular formula is C22H37IN4O. The van der Waals surface area contributed by atoms with Crippen LogP contribution in [0.3, 0.4) is 0 Å². The summed E-state index contributed by atoms with van der Waals surface area (Å²) in [6, 6.07) is 5.46. The van der Waals surface area contributed by atoms with Crippen molar-refractivity contribution in [2.75, 3.05) is 26.2 Å². The molecule has 0 atom stereocenters. The van der Waals surface area contributed by atoms with Crippen LogP contribution in [-0.2, 0) is 6.42 Å². The lowest BCUT2D eigenvalue weighted by molar-refractivity contribution is 0.197. The van der Waals surface area contributed by atoms with E-state index in [1.165, 1.54) is 70.9 Å². The van der Waals surface area contributed by atoms with Gasteiger partial charge in [-0.3, -0.25) is 4.99 Å². The van der Waals surface area contributed by atoms with Gasteiger partial charge in [0.1, 0.15) is 5.76 Å². The molecule has 2 aliphatic carbocycles. The molecule has 1 aromatic rings. The molecule has 2 saturated carbocycles. The lowest BCUT2D eigenvalue weighted by Gasteiger charge is -2.33. The average Bonchev–Trinajstić information content (AvgIpc) is 3.43. The van der Waals surface area contributed by atoms with Crippen LogP contribution in [0.25, 0.3) is 0 Å². The quantitative estimate of drug-likeness (QED) is 0.335. The zero-order chi connectivity index (χ0) is 18.3. The average molecular weight is 500 g/mol. The molecule has 5 nitrogen and oxygen atoms in total. The van der Waals surface area contributed by atoms with Crippen molar-refractivity contribution in [1.29, 1.82) is 0 Å². The van der Waals surface area contributed by atoms with Crippen LogP contribution in [0.15, 0.2) is 27.8 Å². The molecule has 0 bridgehead atoms. The number of nitrogens with one attached hydrogen (secondary N) is 2. The van der Waals surface area contributed by atoms with Crippen LogP contribution in [0, 0.1) is 5.92 Å². The Balaban J connectivity index is 0.00000225. The Morgan fingerprint density at radius 2 is 1.86 bits per heavy atom. The second kappa shape index (κ2) is 11.4. The number of hydrogen-bond donors (Lipinski definition) is 2. The van der Waals surface area contributed by atoms with E-state index in [0.29, 0.717) is 6.04 Å². The van der Waals surface area contributed by atoms with Gasteiger partial charge in [0.05, 0.1) is 6.26 Å². The number of likely N-dealkylation sites (tertiary alicyclic amines) is 1. The highest BCUT2D eigenvalue weighted by Crippen LogP contribution is 2.29. The van der Waals surface area contributed by atoms with Crippen molar-refractivity contribution in [3.63, 3.8) is 0 Å². The van der Waals surface area contributed by atoms with Gasteiger partial charge >= 0.3 is 0 Å². The predicted octanol–water partition coefficient (Wildman–Crippen LogP) is 4.18. The van der Waals surface area contributed by atoms with Crippen LogP contribution < -0.4 is 10.6 Å². The standard InChI is InChI=1S/C22H36N4O.HI/c1-2-5-18(6-3-1)17-24-22(23-13-10-21-7-4-16-27-21)25-19-11-14-26(15-12-19)20-8-9-20;/h4,7,16,18-20H,1-3,5-6,8-15,17H2,(H2,23,24,25);1H. The van der Waals surface area contributed by atoms with E-state index in [1.54, 1.807) is 6.26 Å². The Bertz CT molecular complexity index is 573. The molecule has 6 heteroatoms. The van der Waals surface area contributed by atoms with E-state index in [0.717, 1.165) is 43.2 Å². The van der Waals surface area contributed by atoms with E-state index in [4.69, 9.17) is 9.41 Å². The molecule has 0 radical (unpaired) electrons. The van der Waals surface area contributed by atoms with Crippen LogP contribution >= 0.6 is 24.0 Å². The molecule has 0 amide bonds. The summed E-state index contributed by atoms with van der Waals surface area (Å²) >= 11 is 0. The van der Waals surface area contributed by atoms with Crippen LogP contribution in [0.4, 0.5) is 0 Å². The second-order valence-corrected chi connectivity index (χ2v) is 8.64. The molecule has 0 aromatic carbocycles. The molecule has 3 fully saturated rings. The van der Waals surface area contributed by atoms with E-state index < -0.39 is 0 Å². The summed E-state index contributed by atoms with van der Waals surface area (Å²) in [6.45, 7) is 4.32. The van der Waals surface area contributed by atoms with E-state index in [9.17, 15) is 0 Å². The van der Waals surface area contributed by atoms with Gasteiger partial charge in [-0.25, -0.2) is 0 Å². The largest absolute Gasteiger partial charge is 0.469 e. The number of nitrogens with zero attached hydrogens (tertiary/aromatic N) is 2. The summed E-state index contributed by atoms with van der Waals surface area (Å²) in [4.78, 5) is 7.66. The maximum absolute atomic E-state index is 5.45. The van der Waals surface area contributed by atoms with Gasteiger partial charge in [-0.1, -0.05) is 19.3 Å². The topological polar surface area (TPSA) is 52.8 Å². The summed E-state index contributed by atoms with van der Waals surface area (Å²) in [7, 11) is 0. The first kappa shape index (κ1) is 21.9. The third-order valence-electron chi connectivity index (χ3n) is 6.41. The van der Waals surface area contributed by atoms with Crippen molar-refractivity contribution in [2.45, 2.75) is 76.3 Å². The first-order valence-electron chi connectivity index (χ1n) is 11.2. The van der Waals surface area contributed by atoms with Crippen LogP contribution in [0.1, 0.15) is 63.5 Å². The van der Waals surface area contributed by atoms with Gasteiger partial charge in [-0.15, -0.1) is 24.0 Å². The van der Waals surface area contributed by atoms with Crippen molar-refractivity contribution in [3.8, 4) is 0 Å². The molecule has 1 aliphatic heterocycles. The minimum atomic E-state index is 0. The fourth-order valence-corrected chi connectivity index (χ4v) is 4.54. The summed E-state index contributed by atoms with van der Waals surface area (Å²) in [5.74, 6) is 2.82. The van der Waals surface area contributed by atoms with E-state index in [-0.39, 0.29) is 24.0 Å². The number of hydrogen-bond acceptors (Lipinski definition) is 3. The number of piperidine rings is 1. The maximum atomic E-state index is 5.45. The Morgan fingerprint density at radius 1 is 1.07 bits per heavy atom. The Labute approximate surface area is 187 Å². The number of aliphatic imine (C=N–C) groups is 1.